The summed E-state index contributed by atoms with van der Waals surface area (Å²) in [5.74, 6) is 2.38. The number of hydrogen-bond acceptors (Lipinski definition) is 3. The van der Waals surface area contributed by atoms with E-state index in [-0.39, 0.29) is 11.6 Å². The molecule has 2 saturated heterocycles. The average molecular weight is 228 g/mol. The quantitative estimate of drug-likeness (QED) is 0.729. The van der Waals surface area contributed by atoms with Crippen molar-refractivity contribution in [3.63, 3.8) is 0 Å². The van der Waals surface area contributed by atoms with Crippen LogP contribution in [0.15, 0.2) is 0 Å². The summed E-state index contributed by atoms with van der Waals surface area (Å²) in [6.45, 7) is 6.26. The molecule has 0 aromatic carbocycles. The number of nitrogens with one attached hydrogen (secondary N) is 1. The maximum atomic E-state index is 12.3. The third-order valence-electron chi connectivity index (χ3n) is 3.39. The molecular formula is C11H20N2OS. The number of rotatable bonds is 1. The van der Waals surface area contributed by atoms with Crippen LogP contribution in [0.1, 0.15) is 26.7 Å². The zero-order valence-corrected chi connectivity index (χ0v) is 10.4. The molecule has 86 valence electrons. The Kier molecular flexibility index (Phi) is 3.26. The molecule has 0 spiro atoms. The fourth-order valence-corrected chi connectivity index (χ4v) is 3.35. The van der Waals surface area contributed by atoms with Crippen LogP contribution in [0.4, 0.5) is 0 Å². The number of thioether (sulfide) groups is 1. The Morgan fingerprint density at radius 3 is 2.87 bits per heavy atom. The molecule has 0 aromatic rings. The molecule has 2 fully saturated rings. The molecule has 0 saturated carbocycles. The lowest BCUT2D eigenvalue weighted by Crippen LogP contribution is -2.54. The van der Waals surface area contributed by atoms with Crippen molar-refractivity contribution in [2.24, 2.45) is 0 Å². The number of likely N-dealkylation sites (tertiary alicyclic amines) is 1. The summed E-state index contributed by atoms with van der Waals surface area (Å²) in [4.78, 5) is 14.3. The van der Waals surface area contributed by atoms with Crippen LogP contribution in [0.25, 0.3) is 0 Å². The Morgan fingerprint density at radius 1 is 1.53 bits per heavy atom. The lowest BCUT2D eigenvalue weighted by Gasteiger charge is -2.35. The highest BCUT2D eigenvalue weighted by Crippen LogP contribution is 2.29. The summed E-state index contributed by atoms with van der Waals surface area (Å²) in [5, 5.41) is 3.32. The van der Waals surface area contributed by atoms with Gasteiger partial charge in [-0.25, -0.2) is 0 Å². The summed E-state index contributed by atoms with van der Waals surface area (Å²) in [6.07, 6.45) is 2.29. The number of amides is 1. The maximum Gasteiger partial charge on any atom is 0.241 e. The normalized spacial score (nSPS) is 30.5. The van der Waals surface area contributed by atoms with Crippen molar-refractivity contribution >= 4 is 17.7 Å². The number of hydrogen-bond donors (Lipinski definition) is 1. The second-order valence-electron chi connectivity index (χ2n) is 4.99. The van der Waals surface area contributed by atoms with E-state index in [0.717, 1.165) is 37.4 Å². The predicted octanol–water partition coefficient (Wildman–Crippen LogP) is 1.09. The Bertz CT molecular complexity index is 249. The molecule has 1 atom stereocenters. The molecule has 2 rings (SSSR count). The minimum absolute atomic E-state index is 0.0566. The SMILES string of the molecule is CC1(C)CCCN1C(=O)C1CSCCN1. The molecule has 0 aromatic heterocycles. The summed E-state index contributed by atoms with van der Waals surface area (Å²) < 4.78 is 0. The lowest BCUT2D eigenvalue weighted by atomic mass is 10.0. The van der Waals surface area contributed by atoms with E-state index in [1.165, 1.54) is 0 Å². The minimum atomic E-state index is 0.0566. The third-order valence-corrected chi connectivity index (χ3v) is 4.45. The molecule has 4 heteroatoms. The van der Waals surface area contributed by atoms with E-state index in [9.17, 15) is 4.79 Å². The first kappa shape index (κ1) is 11.3. The Labute approximate surface area is 96.0 Å². The first-order chi connectivity index (χ1) is 7.11. The van der Waals surface area contributed by atoms with Gasteiger partial charge in [0.15, 0.2) is 0 Å². The summed E-state index contributed by atoms with van der Waals surface area (Å²) in [7, 11) is 0. The fourth-order valence-electron chi connectivity index (χ4n) is 2.43. The standard InChI is InChI=1S/C11H20N2OS/c1-11(2)4-3-6-13(11)10(14)9-8-15-7-5-12-9/h9,12H,3-8H2,1-2H3. The van der Waals surface area contributed by atoms with Gasteiger partial charge in [-0.05, 0) is 26.7 Å². The van der Waals surface area contributed by atoms with Gasteiger partial charge in [0.2, 0.25) is 5.91 Å². The number of nitrogens with zero attached hydrogens (tertiary/aromatic N) is 1. The van der Waals surface area contributed by atoms with E-state index < -0.39 is 0 Å². The smallest absolute Gasteiger partial charge is 0.241 e. The van der Waals surface area contributed by atoms with Crippen LogP contribution in [0, 0.1) is 0 Å². The second-order valence-corrected chi connectivity index (χ2v) is 6.14. The van der Waals surface area contributed by atoms with Crippen LogP contribution in [0.2, 0.25) is 0 Å². The summed E-state index contributed by atoms with van der Waals surface area (Å²) in [6, 6.07) is 0.0566. The number of carbonyl (C=O) groups excluding carboxylic acids is 1. The van der Waals surface area contributed by atoms with Crippen molar-refractivity contribution in [2.45, 2.75) is 38.3 Å². The first-order valence-electron chi connectivity index (χ1n) is 5.74. The highest BCUT2D eigenvalue weighted by atomic mass is 32.2. The van der Waals surface area contributed by atoms with Crippen LogP contribution < -0.4 is 5.32 Å². The van der Waals surface area contributed by atoms with Crippen molar-refractivity contribution in [3.8, 4) is 0 Å². The van der Waals surface area contributed by atoms with Crippen LogP contribution in [-0.4, -0.2) is 47.0 Å². The minimum Gasteiger partial charge on any atom is -0.336 e. The zero-order valence-electron chi connectivity index (χ0n) is 9.58. The molecule has 1 N–H and O–H groups in total. The molecule has 15 heavy (non-hydrogen) atoms. The summed E-state index contributed by atoms with van der Waals surface area (Å²) in [5.41, 5.74) is 0.0703. The van der Waals surface area contributed by atoms with Crippen molar-refractivity contribution in [2.75, 3.05) is 24.6 Å². The van der Waals surface area contributed by atoms with Crippen molar-refractivity contribution in [3.05, 3.63) is 0 Å². The monoisotopic (exact) mass is 228 g/mol. The second kappa shape index (κ2) is 4.34. The number of carbonyl (C=O) groups is 1. The van der Waals surface area contributed by atoms with Gasteiger partial charge in [-0.15, -0.1) is 0 Å². The van der Waals surface area contributed by atoms with Crippen LogP contribution in [0.3, 0.4) is 0 Å². The molecule has 0 bridgehead atoms. The molecule has 1 amide bonds. The molecule has 1 unspecified atom stereocenters. The molecular weight excluding hydrogens is 208 g/mol. The van der Waals surface area contributed by atoms with Crippen LogP contribution in [0.5, 0.6) is 0 Å². The molecule has 2 heterocycles. The van der Waals surface area contributed by atoms with E-state index >= 15 is 0 Å². The van der Waals surface area contributed by atoms with E-state index in [1.54, 1.807) is 0 Å². The Hall–Kier alpha value is -0.220. The first-order valence-corrected chi connectivity index (χ1v) is 6.89. The van der Waals surface area contributed by atoms with Gasteiger partial charge in [-0.1, -0.05) is 0 Å². The highest BCUT2D eigenvalue weighted by molar-refractivity contribution is 7.99. The maximum absolute atomic E-state index is 12.3. The molecule has 2 aliphatic heterocycles. The van der Waals surface area contributed by atoms with Crippen LogP contribution in [-0.2, 0) is 4.79 Å². The van der Waals surface area contributed by atoms with Gasteiger partial charge in [0.05, 0.1) is 6.04 Å². The Morgan fingerprint density at radius 2 is 2.33 bits per heavy atom. The van der Waals surface area contributed by atoms with Crippen molar-refractivity contribution < 1.29 is 4.79 Å². The van der Waals surface area contributed by atoms with Gasteiger partial charge in [0.25, 0.3) is 0 Å². The third kappa shape index (κ3) is 2.31. The van der Waals surface area contributed by atoms with Gasteiger partial charge in [0, 0.05) is 30.1 Å². The van der Waals surface area contributed by atoms with Gasteiger partial charge in [0.1, 0.15) is 0 Å². The summed E-state index contributed by atoms with van der Waals surface area (Å²) >= 11 is 1.88. The fraction of sp³-hybridized carbons (Fsp3) is 0.909. The van der Waals surface area contributed by atoms with Crippen LogP contribution >= 0.6 is 11.8 Å². The lowest BCUT2D eigenvalue weighted by molar-refractivity contribution is -0.136. The van der Waals surface area contributed by atoms with Crippen molar-refractivity contribution in [1.82, 2.24) is 10.2 Å². The highest BCUT2D eigenvalue weighted by Gasteiger charge is 2.38. The van der Waals surface area contributed by atoms with Gasteiger partial charge in [-0.2, -0.15) is 11.8 Å². The average Bonchev–Trinajstić information content (AvgIpc) is 2.58. The van der Waals surface area contributed by atoms with E-state index in [2.05, 4.69) is 24.1 Å². The zero-order chi connectivity index (χ0) is 10.9. The largest absolute Gasteiger partial charge is 0.336 e. The van der Waals surface area contributed by atoms with Gasteiger partial charge in [-0.3, -0.25) is 4.79 Å². The van der Waals surface area contributed by atoms with Gasteiger partial charge < -0.3 is 10.2 Å². The van der Waals surface area contributed by atoms with Gasteiger partial charge >= 0.3 is 0 Å². The molecule has 2 aliphatic rings. The predicted molar refractivity (Wildman–Crippen MR) is 64.1 cm³/mol. The molecule has 3 nitrogen and oxygen atoms in total. The Balaban J connectivity index is 2.00. The van der Waals surface area contributed by atoms with E-state index in [4.69, 9.17) is 0 Å². The topological polar surface area (TPSA) is 32.3 Å². The molecule has 0 aliphatic carbocycles. The van der Waals surface area contributed by atoms with E-state index in [1.807, 2.05) is 11.8 Å². The van der Waals surface area contributed by atoms with Crippen molar-refractivity contribution in [1.29, 1.82) is 0 Å². The molecule has 0 radical (unpaired) electrons. The van der Waals surface area contributed by atoms with E-state index in [0.29, 0.717) is 5.91 Å².